The summed E-state index contributed by atoms with van der Waals surface area (Å²) in [6, 6.07) is 9.01. The zero-order valence-corrected chi connectivity index (χ0v) is 15.6. The molecular weight excluding hydrogens is 354 g/mol. The van der Waals surface area contributed by atoms with Crippen LogP contribution >= 0.6 is 0 Å². The maximum Gasteiger partial charge on any atom is 0.229 e. The van der Waals surface area contributed by atoms with Crippen LogP contribution in [-0.2, 0) is 4.79 Å². The van der Waals surface area contributed by atoms with Crippen molar-refractivity contribution in [2.24, 2.45) is 5.92 Å². The molecule has 1 aliphatic rings. The van der Waals surface area contributed by atoms with Crippen LogP contribution in [0.25, 0.3) is 11.2 Å². The molecule has 0 saturated carbocycles. The molecule has 28 heavy (non-hydrogen) atoms. The highest BCUT2D eigenvalue weighted by atomic mass is 16.2. The first-order valence-electron chi connectivity index (χ1n) is 9.34. The van der Waals surface area contributed by atoms with Crippen LogP contribution in [0.15, 0.2) is 48.9 Å². The van der Waals surface area contributed by atoms with E-state index in [9.17, 15) is 9.59 Å². The van der Waals surface area contributed by atoms with Crippen LogP contribution in [0.1, 0.15) is 30.1 Å². The summed E-state index contributed by atoms with van der Waals surface area (Å²) in [6.45, 7) is 3.00. The Kier molecular flexibility index (Phi) is 4.97. The second-order valence-corrected chi connectivity index (χ2v) is 7.00. The van der Waals surface area contributed by atoms with E-state index >= 15 is 0 Å². The zero-order valence-electron chi connectivity index (χ0n) is 15.6. The van der Waals surface area contributed by atoms with Gasteiger partial charge in [0.15, 0.2) is 11.4 Å². The van der Waals surface area contributed by atoms with Crippen LogP contribution in [-0.4, -0.2) is 39.7 Å². The smallest absolute Gasteiger partial charge is 0.229 e. The summed E-state index contributed by atoms with van der Waals surface area (Å²) in [5, 5.41) is 2.95. The highest BCUT2D eigenvalue weighted by molar-refractivity contribution is 5.97. The monoisotopic (exact) mass is 375 g/mol. The number of anilines is 2. The number of amides is 1. The number of aromatic nitrogens is 3. The SMILES string of the molecule is CC(=O)c1cccc(NC(=O)[C@@H]2CCCN(c3cnc4nccnc4c3)C2)c1. The summed E-state index contributed by atoms with van der Waals surface area (Å²) >= 11 is 0. The Hall–Kier alpha value is -3.35. The van der Waals surface area contributed by atoms with Crippen molar-refractivity contribution < 1.29 is 9.59 Å². The number of nitrogens with zero attached hydrogens (tertiary/aromatic N) is 4. The van der Waals surface area contributed by atoms with Crippen molar-refractivity contribution >= 4 is 34.2 Å². The maximum absolute atomic E-state index is 12.8. The molecule has 0 radical (unpaired) electrons. The second kappa shape index (κ2) is 7.72. The molecule has 1 saturated heterocycles. The summed E-state index contributed by atoms with van der Waals surface area (Å²) in [5.41, 5.74) is 3.54. The number of pyridine rings is 1. The molecule has 0 spiro atoms. The van der Waals surface area contributed by atoms with Crippen LogP contribution in [0.5, 0.6) is 0 Å². The molecule has 1 N–H and O–H groups in total. The van der Waals surface area contributed by atoms with Crippen molar-refractivity contribution in [1.29, 1.82) is 0 Å². The molecule has 1 aromatic carbocycles. The van der Waals surface area contributed by atoms with Crippen LogP contribution < -0.4 is 10.2 Å². The van der Waals surface area contributed by atoms with Gasteiger partial charge in [0.1, 0.15) is 5.52 Å². The Bertz CT molecular complexity index is 1040. The van der Waals surface area contributed by atoms with Gasteiger partial charge in [0, 0.05) is 36.7 Å². The fourth-order valence-electron chi connectivity index (χ4n) is 3.51. The molecule has 0 unspecified atom stereocenters. The molecule has 142 valence electrons. The number of carbonyl (C=O) groups is 2. The number of fused-ring (bicyclic) bond motifs is 1. The number of hydrogen-bond acceptors (Lipinski definition) is 6. The van der Waals surface area contributed by atoms with Gasteiger partial charge in [-0.3, -0.25) is 14.6 Å². The minimum atomic E-state index is -0.132. The van der Waals surface area contributed by atoms with E-state index in [0.717, 1.165) is 30.6 Å². The minimum absolute atomic E-state index is 0.0214. The highest BCUT2D eigenvalue weighted by Crippen LogP contribution is 2.25. The van der Waals surface area contributed by atoms with E-state index in [4.69, 9.17) is 0 Å². The molecule has 3 heterocycles. The average Bonchev–Trinajstić information content (AvgIpc) is 2.73. The van der Waals surface area contributed by atoms with Crippen molar-refractivity contribution in [1.82, 2.24) is 15.0 Å². The third-order valence-corrected chi connectivity index (χ3v) is 5.00. The largest absolute Gasteiger partial charge is 0.369 e. The van der Waals surface area contributed by atoms with Crippen molar-refractivity contribution in [3.63, 3.8) is 0 Å². The first-order chi connectivity index (χ1) is 13.6. The summed E-state index contributed by atoms with van der Waals surface area (Å²) in [6.07, 6.45) is 6.81. The van der Waals surface area contributed by atoms with E-state index in [-0.39, 0.29) is 17.6 Å². The van der Waals surface area contributed by atoms with Gasteiger partial charge in [-0.05, 0) is 38.0 Å². The lowest BCUT2D eigenvalue weighted by molar-refractivity contribution is -0.120. The third kappa shape index (κ3) is 3.83. The van der Waals surface area contributed by atoms with E-state index in [1.165, 1.54) is 6.92 Å². The number of Topliss-reactive ketones (excluding diaryl/α,β-unsaturated/α-hetero) is 1. The van der Waals surface area contributed by atoms with Gasteiger partial charge >= 0.3 is 0 Å². The molecule has 7 heteroatoms. The van der Waals surface area contributed by atoms with Gasteiger partial charge in [0.25, 0.3) is 0 Å². The lowest BCUT2D eigenvalue weighted by Crippen LogP contribution is -2.40. The molecule has 7 nitrogen and oxygen atoms in total. The van der Waals surface area contributed by atoms with Gasteiger partial charge in [-0.1, -0.05) is 12.1 Å². The predicted octanol–water partition coefficient (Wildman–Crippen LogP) is 3.08. The zero-order chi connectivity index (χ0) is 19.5. The highest BCUT2D eigenvalue weighted by Gasteiger charge is 2.26. The van der Waals surface area contributed by atoms with E-state index in [0.29, 0.717) is 23.4 Å². The Morgan fingerprint density at radius 2 is 2.00 bits per heavy atom. The Morgan fingerprint density at radius 1 is 1.14 bits per heavy atom. The molecule has 0 aliphatic carbocycles. The molecule has 1 atom stereocenters. The van der Waals surface area contributed by atoms with Crippen LogP contribution in [0.3, 0.4) is 0 Å². The Balaban J connectivity index is 1.47. The van der Waals surface area contributed by atoms with Crippen molar-refractivity contribution in [3.05, 3.63) is 54.5 Å². The van der Waals surface area contributed by atoms with Crippen molar-refractivity contribution in [2.75, 3.05) is 23.3 Å². The van der Waals surface area contributed by atoms with Crippen LogP contribution in [0.2, 0.25) is 0 Å². The van der Waals surface area contributed by atoms with E-state index < -0.39 is 0 Å². The summed E-state index contributed by atoms with van der Waals surface area (Å²) < 4.78 is 0. The van der Waals surface area contributed by atoms with E-state index in [2.05, 4.69) is 25.2 Å². The van der Waals surface area contributed by atoms with Crippen LogP contribution in [0, 0.1) is 5.92 Å². The quantitative estimate of drug-likeness (QED) is 0.705. The van der Waals surface area contributed by atoms with Gasteiger partial charge in [0.05, 0.1) is 17.8 Å². The number of ketones is 1. The van der Waals surface area contributed by atoms with Gasteiger partial charge in [-0.25, -0.2) is 9.97 Å². The van der Waals surface area contributed by atoms with Crippen LogP contribution in [0.4, 0.5) is 11.4 Å². The number of hydrogen-bond donors (Lipinski definition) is 1. The maximum atomic E-state index is 12.8. The number of piperidine rings is 1. The molecule has 1 amide bonds. The third-order valence-electron chi connectivity index (χ3n) is 5.00. The summed E-state index contributed by atoms with van der Waals surface area (Å²) in [4.78, 5) is 39.4. The fourth-order valence-corrected chi connectivity index (χ4v) is 3.51. The van der Waals surface area contributed by atoms with Crippen molar-refractivity contribution in [2.45, 2.75) is 19.8 Å². The van der Waals surface area contributed by atoms with E-state index in [1.807, 2.05) is 6.07 Å². The molecule has 2 aromatic heterocycles. The topological polar surface area (TPSA) is 88.1 Å². The van der Waals surface area contributed by atoms with E-state index in [1.54, 1.807) is 42.9 Å². The molecule has 3 aromatic rings. The summed E-state index contributed by atoms with van der Waals surface area (Å²) in [5.74, 6) is -0.182. The lowest BCUT2D eigenvalue weighted by Gasteiger charge is -2.33. The minimum Gasteiger partial charge on any atom is -0.369 e. The normalized spacial score (nSPS) is 16.8. The number of carbonyl (C=O) groups excluding carboxylic acids is 2. The number of benzene rings is 1. The Morgan fingerprint density at radius 3 is 2.86 bits per heavy atom. The molecule has 4 rings (SSSR count). The predicted molar refractivity (Wildman–Crippen MR) is 107 cm³/mol. The fraction of sp³-hybridized carbons (Fsp3) is 0.286. The van der Waals surface area contributed by atoms with Gasteiger partial charge in [-0.2, -0.15) is 0 Å². The lowest BCUT2D eigenvalue weighted by atomic mass is 9.96. The van der Waals surface area contributed by atoms with Crippen molar-refractivity contribution in [3.8, 4) is 0 Å². The van der Waals surface area contributed by atoms with Gasteiger partial charge < -0.3 is 10.2 Å². The molecule has 1 aliphatic heterocycles. The number of nitrogens with one attached hydrogen (secondary N) is 1. The number of rotatable bonds is 4. The molecular formula is C21H21N5O2. The van der Waals surface area contributed by atoms with Gasteiger partial charge in [0.2, 0.25) is 5.91 Å². The summed E-state index contributed by atoms with van der Waals surface area (Å²) in [7, 11) is 0. The molecule has 1 fully saturated rings. The second-order valence-electron chi connectivity index (χ2n) is 7.00. The first-order valence-corrected chi connectivity index (χ1v) is 9.34. The van der Waals surface area contributed by atoms with Gasteiger partial charge in [-0.15, -0.1) is 0 Å². The standard InChI is InChI=1S/C21H21N5O2/c1-14(27)15-4-2-6-17(10-15)25-21(28)16-5-3-9-26(13-16)18-11-19-20(24-12-18)23-8-7-22-19/h2,4,6-8,10-12,16H,3,5,9,13H2,1H3,(H,25,28)/t16-/m1/s1. The molecule has 0 bridgehead atoms. The average molecular weight is 375 g/mol. The first kappa shape index (κ1) is 18.0. The Labute approximate surface area is 162 Å².